The Morgan fingerprint density at radius 3 is 2.12 bits per heavy atom. The van der Waals surface area contributed by atoms with Gasteiger partial charge in [0.25, 0.3) is 15.9 Å². The minimum atomic E-state index is -5.08. The minimum Gasteiger partial charge on any atom is -0.475 e. The Labute approximate surface area is 236 Å². The Morgan fingerprint density at radius 2 is 1.57 bits per heavy atom. The third-order valence-electron chi connectivity index (χ3n) is 6.53. The molecule has 0 bridgehead atoms. The van der Waals surface area contributed by atoms with Crippen LogP contribution in [0.2, 0.25) is 5.02 Å². The molecular formula is C26H32ClF3N4O5S. The van der Waals surface area contributed by atoms with Gasteiger partial charge in [-0.25, -0.2) is 13.2 Å². The number of carbonyl (C=O) groups is 2. The minimum absolute atomic E-state index is 0.0372. The lowest BCUT2D eigenvalue weighted by atomic mass is 10.1. The number of amides is 1. The molecule has 2 aromatic carbocycles. The molecule has 4 rings (SSSR count). The van der Waals surface area contributed by atoms with Crippen LogP contribution in [-0.4, -0.2) is 75.7 Å². The van der Waals surface area contributed by atoms with Crippen LogP contribution in [-0.2, 0) is 14.8 Å². The maximum atomic E-state index is 13.6. The highest BCUT2D eigenvalue weighted by molar-refractivity contribution is 7.92. The van der Waals surface area contributed by atoms with Gasteiger partial charge in [0.2, 0.25) is 0 Å². The molecule has 14 heteroatoms. The number of carboxylic acid groups (broad SMARTS) is 1. The van der Waals surface area contributed by atoms with Crippen LogP contribution < -0.4 is 14.9 Å². The van der Waals surface area contributed by atoms with E-state index in [-0.39, 0.29) is 10.8 Å². The van der Waals surface area contributed by atoms with Crippen molar-refractivity contribution < 1.29 is 36.3 Å². The maximum absolute atomic E-state index is 13.6. The summed E-state index contributed by atoms with van der Waals surface area (Å²) in [6, 6.07) is 9.91. The molecule has 0 aromatic heterocycles. The molecule has 2 fully saturated rings. The largest absolute Gasteiger partial charge is 0.490 e. The van der Waals surface area contributed by atoms with E-state index in [9.17, 15) is 26.4 Å². The highest BCUT2D eigenvalue weighted by Crippen LogP contribution is 2.29. The molecule has 40 heavy (non-hydrogen) atoms. The molecule has 0 unspecified atom stereocenters. The first-order valence-electron chi connectivity index (χ1n) is 12.8. The summed E-state index contributed by atoms with van der Waals surface area (Å²) in [4.78, 5) is 26.7. The molecule has 1 amide bonds. The van der Waals surface area contributed by atoms with Crippen LogP contribution in [0.1, 0.15) is 41.6 Å². The predicted octanol–water partition coefficient (Wildman–Crippen LogP) is 4.51. The Bertz CT molecular complexity index is 1310. The molecule has 0 saturated carbocycles. The quantitative estimate of drug-likeness (QED) is 0.460. The van der Waals surface area contributed by atoms with Crippen molar-refractivity contribution in [1.82, 2.24) is 10.2 Å². The van der Waals surface area contributed by atoms with Gasteiger partial charge in [-0.2, -0.15) is 13.2 Å². The lowest BCUT2D eigenvalue weighted by Crippen LogP contribution is -2.44. The Balaban J connectivity index is 0.000000559. The van der Waals surface area contributed by atoms with Crippen LogP contribution in [0, 0.1) is 6.92 Å². The summed E-state index contributed by atoms with van der Waals surface area (Å²) >= 11 is 6.14. The van der Waals surface area contributed by atoms with Gasteiger partial charge in [0.1, 0.15) is 0 Å². The van der Waals surface area contributed by atoms with Gasteiger partial charge in [-0.1, -0.05) is 30.5 Å². The lowest BCUT2D eigenvalue weighted by Gasteiger charge is -2.32. The SMILES string of the molecule is Cc1ccc(S(=O)(=O)Nc2ccc(N3CCNCC3)c(C(=O)N3CCCCCC3)c2)cc1Cl.O=C(O)C(F)(F)F. The Hall–Kier alpha value is -3.03. The van der Waals surface area contributed by atoms with Crippen molar-refractivity contribution in [2.75, 3.05) is 48.9 Å². The first kappa shape index (κ1) is 31.5. The average molecular weight is 605 g/mol. The van der Waals surface area contributed by atoms with Crippen molar-refractivity contribution in [1.29, 1.82) is 0 Å². The molecule has 0 radical (unpaired) electrons. The number of carbonyl (C=O) groups excluding carboxylic acids is 1. The van der Waals surface area contributed by atoms with E-state index in [2.05, 4.69) is 14.9 Å². The number of aliphatic carboxylic acids is 1. The highest BCUT2D eigenvalue weighted by Gasteiger charge is 2.38. The van der Waals surface area contributed by atoms with E-state index in [1.165, 1.54) is 12.1 Å². The number of carboxylic acids is 1. The fourth-order valence-corrected chi connectivity index (χ4v) is 5.67. The smallest absolute Gasteiger partial charge is 0.475 e. The van der Waals surface area contributed by atoms with Crippen LogP contribution in [0.4, 0.5) is 24.5 Å². The number of alkyl halides is 3. The maximum Gasteiger partial charge on any atom is 0.490 e. The van der Waals surface area contributed by atoms with Crippen molar-refractivity contribution in [3.63, 3.8) is 0 Å². The topological polar surface area (TPSA) is 119 Å². The predicted molar refractivity (Wildman–Crippen MR) is 147 cm³/mol. The van der Waals surface area contributed by atoms with E-state index >= 15 is 0 Å². The Morgan fingerprint density at radius 1 is 0.975 bits per heavy atom. The number of hydrogen-bond acceptors (Lipinski definition) is 6. The second-order valence-corrected chi connectivity index (χ2v) is 11.6. The normalized spacial score (nSPS) is 16.4. The van der Waals surface area contributed by atoms with Gasteiger partial charge < -0.3 is 20.2 Å². The molecule has 2 saturated heterocycles. The molecule has 0 spiro atoms. The molecule has 3 N–H and O–H groups in total. The molecule has 0 aliphatic carbocycles. The number of halogens is 4. The first-order valence-corrected chi connectivity index (χ1v) is 14.6. The molecular weight excluding hydrogens is 573 g/mol. The summed E-state index contributed by atoms with van der Waals surface area (Å²) < 4.78 is 60.4. The van der Waals surface area contributed by atoms with Gasteiger partial charge in [-0.3, -0.25) is 9.52 Å². The van der Waals surface area contributed by atoms with Crippen molar-refractivity contribution in [3.05, 3.63) is 52.5 Å². The second-order valence-electron chi connectivity index (χ2n) is 9.49. The van der Waals surface area contributed by atoms with Gasteiger partial charge in [0, 0.05) is 55.7 Å². The van der Waals surface area contributed by atoms with E-state index in [0.29, 0.717) is 16.3 Å². The zero-order valence-electron chi connectivity index (χ0n) is 21.9. The van der Waals surface area contributed by atoms with Crippen LogP contribution in [0.25, 0.3) is 0 Å². The summed E-state index contributed by atoms with van der Waals surface area (Å²) in [5.41, 5.74) is 2.57. The van der Waals surface area contributed by atoms with Gasteiger partial charge in [0.15, 0.2) is 0 Å². The number of anilines is 2. The lowest BCUT2D eigenvalue weighted by molar-refractivity contribution is -0.192. The fraction of sp³-hybridized carbons (Fsp3) is 0.462. The monoisotopic (exact) mass is 604 g/mol. The van der Waals surface area contributed by atoms with E-state index in [1.54, 1.807) is 18.2 Å². The molecule has 9 nitrogen and oxygen atoms in total. The van der Waals surface area contributed by atoms with Crippen molar-refractivity contribution >= 4 is 44.9 Å². The molecule has 2 aliphatic rings. The van der Waals surface area contributed by atoms with Crippen LogP contribution in [0.5, 0.6) is 0 Å². The number of aryl methyl sites for hydroxylation is 1. The number of benzene rings is 2. The molecule has 0 atom stereocenters. The Kier molecular flexibility index (Phi) is 10.7. The standard InChI is InChI=1S/C24H31ClN4O3S.C2HF3O2/c1-18-6-8-20(17-22(18)25)33(31,32)27-19-7-9-23(28-14-10-26-11-15-28)21(16-19)24(30)29-12-4-2-3-5-13-29;3-2(4,5)1(6)7/h6-9,16-17,26-27H,2-5,10-15H2,1H3;(H,6,7). The third kappa shape index (κ3) is 8.48. The number of hydrogen-bond donors (Lipinski definition) is 3. The molecule has 2 aliphatic heterocycles. The average Bonchev–Trinajstić information content (AvgIpc) is 3.19. The number of nitrogens with zero attached hydrogens (tertiary/aromatic N) is 2. The summed E-state index contributed by atoms with van der Waals surface area (Å²) in [6.07, 6.45) is -0.828. The number of nitrogens with one attached hydrogen (secondary N) is 2. The van der Waals surface area contributed by atoms with Gasteiger partial charge >= 0.3 is 12.1 Å². The number of likely N-dealkylation sites (tertiary alicyclic amines) is 1. The highest BCUT2D eigenvalue weighted by atomic mass is 35.5. The number of rotatable bonds is 5. The summed E-state index contributed by atoms with van der Waals surface area (Å²) in [7, 11) is -3.85. The van der Waals surface area contributed by atoms with Crippen LogP contribution >= 0.6 is 11.6 Å². The number of sulfonamides is 1. The van der Waals surface area contributed by atoms with E-state index in [4.69, 9.17) is 21.5 Å². The third-order valence-corrected chi connectivity index (χ3v) is 8.31. The fourth-order valence-electron chi connectivity index (χ4n) is 4.35. The van der Waals surface area contributed by atoms with Crippen LogP contribution in [0.15, 0.2) is 41.3 Å². The van der Waals surface area contributed by atoms with E-state index in [1.807, 2.05) is 17.9 Å². The van der Waals surface area contributed by atoms with E-state index in [0.717, 1.165) is 76.2 Å². The van der Waals surface area contributed by atoms with Crippen molar-refractivity contribution in [2.24, 2.45) is 0 Å². The zero-order chi connectivity index (χ0) is 29.5. The molecule has 2 aromatic rings. The van der Waals surface area contributed by atoms with Crippen molar-refractivity contribution in [3.8, 4) is 0 Å². The van der Waals surface area contributed by atoms with E-state index < -0.39 is 22.2 Å². The van der Waals surface area contributed by atoms with Gasteiger partial charge in [-0.05, 0) is 55.7 Å². The molecule has 220 valence electrons. The van der Waals surface area contributed by atoms with Crippen LogP contribution in [0.3, 0.4) is 0 Å². The zero-order valence-corrected chi connectivity index (χ0v) is 23.5. The summed E-state index contributed by atoms with van der Waals surface area (Å²) in [5, 5.41) is 10.9. The molecule has 2 heterocycles. The van der Waals surface area contributed by atoms with Gasteiger partial charge in [0.05, 0.1) is 10.5 Å². The summed E-state index contributed by atoms with van der Waals surface area (Å²) in [6.45, 7) is 6.58. The first-order chi connectivity index (χ1) is 18.8. The summed E-state index contributed by atoms with van der Waals surface area (Å²) in [5.74, 6) is -2.79. The number of piperazine rings is 1. The van der Waals surface area contributed by atoms with Crippen molar-refractivity contribution in [2.45, 2.75) is 43.7 Å². The second kappa shape index (κ2) is 13.6. The van der Waals surface area contributed by atoms with Gasteiger partial charge in [-0.15, -0.1) is 0 Å².